The zero-order chi connectivity index (χ0) is 16.6. The van der Waals surface area contributed by atoms with E-state index >= 15 is 0 Å². The zero-order valence-corrected chi connectivity index (χ0v) is 12.9. The van der Waals surface area contributed by atoms with Gasteiger partial charge in [0.05, 0.1) is 0 Å². The zero-order valence-electron chi connectivity index (χ0n) is 12.9. The average Bonchev–Trinajstić information content (AvgIpc) is 2.55. The lowest BCUT2D eigenvalue weighted by Crippen LogP contribution is -2.18. The highest BCUT2D eigenvalue weighted by Crippen LogP contribution is 2.38. The number of rotatable bonds is 2. The molecule has 0 saturated heterocycles. The van der Waals surface area contributed by atoms with Gasteiger partial charge in [0.15, 0.2) is 11.6 Å². The van der Waals surface area contributed by atoms with Gasteiger partial charge in [-0.3, -0.25) is 0 Å². The molecule has 23 heavy (non-hydrogen) atoms. The molecule has 1 aliphatic carbocycles. The monoisotopic (exact) mass is 313 g/mol. The molecule has 1 aliphatic rings. The molecule has 1 atom stereocenters. The fourth-order valence-corrected chi connectivity index (χ4v) is 3.28. The molecule has 1 aromatic carbocycles. The van der Waals surface area contributed by atoms with Gasteiger partial charge in [0.1, 0.15) is 17.5 Å². The van der Waals surface area contributed by atoms with Crippen molar-refractivity contribution in [3.63, 3.8) is 0 Å². The molecule has 0 radical (unpaired) electrons. The van der Waals surface area contributed by atoms with Crippen molar-refractivity contribution in [2.75, 3.05) is 5.73 Å². The second kappa shape index (κ2) is 5.96. The summed E-state index contributed by atoms with van der Waals surface area (Å²) < 4.78 is 26.9. The van der Waals surface area contributed by atoms with Gasteiger partial charge in [0, 0.05) is 11.3 Å². The van der Waals surface area contributed by atoms with E-state index in [4.69, 9.17) is 5.73 Å². The van der Waals surface area contributed by atoms with Gasteiger partial charge in [-0.05, 0) is 48.4 Å². The van der Waals surface area contributed by atoms with Gasteiger partial charge in [0.25, 0.3) is 0 Å². The lowest BCUT2D eigenvalue weighted by atomic mass is 9.80. The fourth-order valence-electron chi connectivity index (χ4n) is 3.28. The minimum absolute atomic E-state index is 0.154. The molecule has 2 N–H and O–H groups in total. The lowest BCUT2D eigenvalue weighted by molar-refractivity contribution is 0.440. The fraction of sp³-hybridized carbons (Fsp3) is 0.333. The van der Waals surface area contributed by atoms with Gasteiger partial charge >= 0.3 is 0 Å². The standard InChI is InChI=1S/C18H17F2N3/c1-2-10-3-6-16-12(7-10)17(13(9-21)18(22)23-16)11-4-5-14(19)15(20)8-11/h4-5,8,10H,2-3,6-7H2,1H3,(H2,22,23). The topological polar surface area (TPSA) is 62.7 Å². The summed E-state index contributed by atoms with van der Waals surface area (Å²) in [6.45, 7) is 2.13. The predicted molar refractivity (Wildman–Crippen MR) is 84.5 cm³/mol. The second-order valence-electron chi connectivity index (χ2n) is 5.93. The normalized spacial score (nSPS) is 16.7. The minimum Gasteiger partial charge on any atom is -0.383 e. The van der Waals surface area contributed by atoms with E-state index in [1.807, 2.05) is 0 Å². The highest BCUT2D eigenvalue weighted by atomic mass is 19.2. The van der Waals surface area contributed by atoms with Gasteiger partial charge in [-0.2, -0.15) is 5.26 Å². The molecule has 0 saturated carbocycles. The van der Waals surface area contributed by atoms with Gasteiger partial charge in [-0.25, -0.2) is 13.8 Å². The molecule has 3 nitrogen and oxygen atoms in total. The van der Waals surface area contributed by atoms with Crippen LogP contribution in [-0.2, 0) is 12.8 Å². The number of nitrogens with zero attached hydrogens (tertiary/aromatic N) is 2. The molecule has 3 rings (SSSR count). The maximum atomic E-state index is 13.7. The smallest absolute Gasteiger partial charge is 0.159 e. The summed E-state index contributed by atoms with van der Waals surface area (Å²) in [6.07, 6.45) is 3.63. The molecular formula is C18H17F2N3. The second-order valence-corrected chi connectivity index (χ2v) is 5.93. The molecule has 0 fully saturated rings. The van der Waals surface area contributed by atoms with Crippen molar-refractivity contribution in [1.29, 1.82) is 5.26 Å². The van der Waals surface area contributed by atoms with E-state index in [9.17, 15) is 14.0 Å². The summed E-state index contributed by atoms with van der Waals surface area (Å²) in [6, 6.07) is 5.77. The number of nitrogens with two attached hydrogens (primary N) is 1. The van der Waals surface area contributed by atoms with Crippen LogP contribution in [0, 0.1) is 28.9 Å². The largest absolute Gasteiger partial charge is 0.383 e. The Balaban J connectivity index is 2.27. The molecule has 1 heterocycles. The Kier molecular flexibility index (Phi) is 3.99. The first-order valence-corrected chi connectivity index (χ1v) is 7.71. The van der Waals surface area contributed by atoms with Crippen LogP contribution in [-0.4, -0.2) is 4.98 Å². The molecule has 118 valence electrons. The number of hydrogen-bond acceptors (Lipinski definition) is 3. The van der Waals surface area contributed by atoms with Crippen molar-refractivity contribution in [1.82, 2.24) is 4.98 Å². The first-order chi connectivity index (χ1) is 11.0. The first-order valence-electron chi connectivity index (χ1n) is 7.71. The number of benzene rings is 1. The lowest BCUT2D eigenvalue weighted by Gasteiger charge is -2.26. The maximum absolute atomic E-state index is 13.7. The molecule has 0 bridgehead atoms. The Morgan fingerprint density at radius 3 is 2.78 bits per heavy atom. The molecule has 2 aromatic rings. The number of pyridine rings is 1. The number of hydrogen-bond donors (Lipinski definition) is 1. The average molecular weight is 313 g/mol. The quantitative estimate of drug-likeness (QED) is 0.911. The Labute approximate surface area is 133 Å². The summed E-state index contributed by atoms with van der Waals surface area (Å²) in [5.74, 6) is -1.18. The number of fused-ring (bicyclic) bond motifs is 1. The molecule has 0 amide bonds. The van der Waals surface area contributed by atoms with Gasteiger partial charge in [0.2, 0.25) is 0 Å². The number of halogens is 2. The SMILES string of the molecule is CCC1CCc2nc(N)c(C#N)c(-c3ccc(F)c(F)c3)c2C1. The molecule has 1 aromatic heterocycles. The van der Waals surface area contributed by atoms with Crippen molar-refractivity contribution < 1.29 is 8.78 Å². The van der Waals surface area contributed by atoms with E-state index < -0.39 is 11.6 Å². The van der Waals surface area contributed by atoms with Crippen molar-refractivity contribution >= 4 is 5.82 Å². The molecule has 0 spiro atoms. The molecule has 5 heteroatoms. The van der Waals surface area contributed by atoms with Crippen LogP contribution in [0.2, 0.25) is 0 Å². The van der Waals surface area contributed by atoms with E-state index in [0.29, 0.717) is 17.0 Å². The van der Waals surface area contributed by atoms with Crippen LogP contribution in [0.15, 0.2) is 18.2 Å². The maximum Gasteiger partial charge on any atom is 0.159 e. The van der Waals surface area contributed by atoms with Crippen LogP contribution >= 0.6 is 0 Å². The summed E-state index contributed by atoms with van der Waals surface area (Å²) in [7, 11) is 0. The minimum atomic E-state index is -0.932. The van der Waals surface area contributed by atoms with E-state index in [0.717, 1.165) is 49.1 Å². The van der Waals surface area contributed by atoms with E-state index in [-0.39, 0.29) is 11.4 Å². The number of nitriles is 1. The van der Waals surface area contributed by atoms with Crippen LogP contribution in [0.3, 0.4) is 0 Å². The highest BCUT2D eigenvalue weighted by molar-refractivity contribution is 5.79. The number of aromatic nitrogens is 1. The van der Waals surface area contributed by atoms with Crippen molar-refractivity contribution in [2.24, 2.45) is 5.92 Å². The Morgan fingerprint density at radius 2 is 2.13 bits per heavy atom. The van der Waals surface area contributed by atoms with Crippen molar-refractivity contribution in [2.45, 2.75) is 32.6 Å². The third-order valence-corrected chi connectivity index (χ3v) is 4.59. The Bertz CT molecular complexity index is 809. The van der Waals surface area contributed by atoms with Crippen molar-refractivity contribution in [3.05, 3.63) is 46.7 Å². The van der Waals surface area contributed by atoms with Crippen LogP contribution in [0.1, 0.15) is 36.6 Å². The number of nitrogen functional groups attached to an aromatic ring is 1. The molecular weight excluding hydrogens is 296 g/mol. The third kappa shape index (κ3) is 2.65. The van der Waals surface area contributed by atoms with Gasteiger partial charge in [-0.15, -0.1) is 0 Å². The van der Waals surface area contributed by atoms with Crippen LogP contribution < -0.4 is 5.73 Å². The van der Waals surface area contributed by atoms with E-state index in [2.05, 4.69) is 18.0 Å². The Hall–Kier alpha value is -2.48. The number of aryl methyl sites for hydroxylation is 1. The van der Waals surface area contributed by atoms with Crippen molar-refractivity contribution in [3.8, 4) is 17.2 Å². The predicted octanol–water partition coefficient (Wildman–Crippen LogP) is 4.00. The van der Waals surface area contributed by atoms with Gasteiger partial charge in [-0.1, -0.05) is 19.4 Å². The summed E-state index contributed by atoms with van der Waals surface area (Å²) in [5.41, 5.74) is 9.06. The highest BCUT2D eigenvalue weighted by Gasteiger charge is 2.26. The summed E-state index contributed by atoms with van der Waals surface area (Å²) >= 11 is 0. The molecule has 1 unspecified atom stereocenters. The molecule has 0 aliphatic heterocycles. The summed E-state index contributed by atoms with van der Waals surface area (Å²) in [5, 5.41) is 9.47. The van der Waals surface area contributed by atoms with E-state index in [1.165, 1.54) is 6.07 Å². The van der Waals surface area contributed by atoms with Crippen LogP contribution in [0.5, 0.6) is 0 Å². The van der Waals surface area contributed by atoms with E-state index in [1.54, 1.807) is 0 Å². The Morgan fingerprint density at radius 1 is 1.35 bits per heavy atom. The van der Waals surface area contributed by atoms with Crippen LogP contribution in [0.4, 0.5) is 14.6 Å². The van der Waals surface area contributed by atoms with Gasteiger partial charge < -0.3 is 5.73 Å². The number of anilines is 1. The summed E-state index contributed by atoms with van der Waals surface area (Å²) in [4.78, 5) is 4.37. The van der Waals surface area contributed by atoms with Crippen LogP contribution in [0.25, 0.3) is 11.1 Å². The third-order valence-electron chi connectivity index (χ3n) is 4.59. The first kappa shape index (κ1) is 15.4.